The van der Waals surface area contributed by atoms with Crippen molar-refractivity contribution in [3.8, 4) is 0 Å². The Labute approximate surface area is 149 Å². The van der Waals surface area contributed by atoms with Gasteiger partial charge in [-0.25, -0.2) is 13.4 Å². The number of nitrogens with one attached hydrogen (secondary N) is 2. The Morgan fingerprint density at radius 3 is 2.60 bits per heavy atom. The summed E-state index contributed by atoms with van der Waals surface area (Å²) in [5.41, 5.74) is 0.959. The molecular formula is C17H25N5O2S. The van der Waals surface area contributed by atoms with E-state index in [9.17, 15) is 8.42 Å². The van der Waals surface area contributed by atoms with Gasteiger partial charge in [-0.1, -0.05) is 12.1 Å². The molecule has 0 saturated carbocycles. The molecule has 0 saturated heterocycles. The van der Waals surface area contributed by atoms with E-state index in [1.54, 1.807) is 30.5 Å². The lowest BCUT2D eigenvalue weighted by molar-refractivity contribution is 0.570. The molecule has 136 valence electrons. The number of rotatable bonds is 8. The highest BCUT2D eigenvalue weighted by Gasteiger charge is 2.06. The molecule has 0 unspecified atom stereocenters. The predicted octanol–water partition coefficient (Wildman–Crippen LogP) is 1.43. The quantitative estimate of drug-likeness (QED) is 0.421. The van der Waals surface area contributed by atoms with Crippen LogP contribution < -0.4 is 10.6 Å². The Kier molecular flexibility index (Phi) is 7.00. The van der Waals surface area contributed by atoms with Crippen LogP contribution in [-0.2, 0) is 22.9 Å². The minimum absolute atomic E-state index is 0.323. The molecule has 7 nitrogen and oxygen atoms in total. The van der Waals surface area contributed by atoms with Crippen LogP contribution in [0.4, 0.5) is 0 Å². The third kappa shape index (κ3) is 6.58. The Morgan fingerprint density at radius 1 is 1.24 bits per heavy atom. The molecule has 2 N–H and O–H groups in total. The lowest BCUT2D eigenvalue weighted by Gasteiger charge is -2.11. The van der Waals surface area contributed by atoms with Crippen molar-refractivity contribution in [1.29, 1.82) is 0 Å². The van der Waals surface area contributed by atoms with Crippen molar-refractivity contribution < 1.29 is 8.42 Å². The van der Waals surface area contributed by atoms with Crippen molar-refractivity contribution in [2.24, 2.45) is 4.99 Å². The molecule has 0 atom stereocenters. The molecule has 0 spiro atoms. The molecule has 0 amide bonds. The maximum absolute atomic E-state index is 11.5. The number of nitrogens with zero attached hydrogens (tertiary/aromatic N) is 3. The zero-order chi connectivity index (χ0) is 18.1. The normalized spacial score (nSPS) is 12.2. The van der Waals surface area contributed by atoms with Gasteiger partial charge in [0.05, 0.1) is 11.4 Å². The van der Waals surface area contributed by atoms with E-state index in [0.717, 1.165) is 37.6 Å². The van der Waals surface area contributed by atoms with Crippen LogP contribution in [0.25, 0.3) is 0 Å². The topological polar surface area (TPSA) is 88.4 Å². The first-order chi connectivity index (χ1) is 12.0. The molecule has 2 rings (SSSR count). The van der Waals surface area contributed by atoms with Crippen LogP contribution in [0.5, 0.6) is 0 Å². The van der Waals surface area contributed by atoms with E-state index in [4.69, 9.17) is 0 Å². The lowest BCUT2D eigenvalue weighted by atomic mass is 10.2. The number of hydrogen-bond donors (Lipinski definition) is 2. The van der Waals surface area contributed by atoms with E-state index in [0.29, 0.717) is 11.4 Å². The minimum atomic E-state index is -3.16. The average molecular weight is 363 g/mol. The number of benzene rings is 1. The smallest absolute Gasteiger partial charge is 0.191 e. The van der Waals surface area contributed by atoms with Gasteiger partial charge in [-0.05, 0) is 37.1 Å². The van der Waals surface area contributed by atoms with Crippen LogP contribution in [0.1, 0.15) is 18.9 Å². The van der Waals surface area contributed by atoms with Gasteiger partial charge in [0.15, 0.2) is 15.8 Å². The molecule has 8 heteroatoms. The van der Waals surface area contributed by atoms with Crippen molar-refractivity contribution in [3.63, 3.8) is 0 Å². The Balaban J connectivity index is 1.85. The van der Waals surface area contributed by atoms with Gasteiger partial charge < -0.3 is 10.6 Å². The maximum atomic E-state index is 11.5. The fraction of sp³-hybridized carbons (Fsp3) is 0.412. The van der Waals surface area contributed by atoms with E-state index >= 15 is 0 Å². The number of aliphatic imine (C=N–C) groups is 1. The van der Waals surface area contributed by atoms with Crippen LogP contribution in [0.2, 0.25) is 0 Å². The molecule has 25 heavy (non-hydrogen) atoms. The first-order valence-corrected chi connectivity index (χ1v) is 10.2. The molecule has 1 heterocycles. The van der Waals surface area contributed by atoms with Gasteiger partial charge in [0.25, 0.3) is 0 Å². The summed E-state index contributed by atoms with van der Waals surface area (Å²) in [6.45, 7) is 4.92. The highest BCUT2D eigenvalue weighted by atomic mass is 32.2. The standard InChI is InChI=1S/C17H25N5O2S/c1-3-18-17(19-10-4-12-22-13-5-11-21-22)20-14-15-6-8-16(9-7-15)25(2,23)24/h5-9,11,13H,3-4,10,12,14H2,1-2H3,(H2,18,19,20). The van der Waals surface area contributed by atoms with Gasteiger partial charge in [-0.2, -0.15) is 5.10 Å². The second kappa shape index (κ2) is 9.22. The molecule has 1 aromatic carbocycles. The van der Waals surface area contributed by atoms with E-state index in [-0.39, 0.29) is 0 Å². The van der Waals surface area contributed by atoms with E-state index in [2.05, 4.69) is 20.7 Å². The summed E-state index contributed by atoms with van der Waals surface area (Å²) in [7, 11) is -3.16. The zero-order valence-electron chi connectivity index (χ0n) is 14.6. The highest BCUT2D eigenvalue weighted by Crippen LogP contribution is 2.10. The van der Waals surface area contributed by atoms with Crippen LogP contribution in [0, 0.1) is 0 Å². The fourth-order valence-electron chi connectivity index (χ4n) is 2.23. The molecule has 0 aliphatic rings. The van der Waals surface area contributed by atoms with Crippen LogP contribution in [0.3, 0.4) is 0 Å². The number of sulfone groups is 1. The van der Waals surface area contributed by atoms with Crippen molar-refractivity contribution in [2.45, 2.75) is 31.3 Å². The summed E-state index contributed by atoms with van der Waals surface area (Å²) >= 11 is 0. The number of guanidine groups is 1. The zero-order valence-corrected chi connectivity index (χ0v) is 15.5. The van der Waals surface area contributed by atoms with Gasteiger partial charge in [-0.15, -0.1) is 0 Å². The van der Waals surface area contributed by atoms with Crippen LogP contribution >= 0.6 is 0 Å². The molecule has 0 aliphatic heterocycles. The van der Waals surface area contributed by atoms with Crippen molar-refractivity contribution in [2.75, 3.05) is 19.3 Å². The summed E-state index contributed by atoms with van der Waals surface area (Å²) in [6, 6.07) is 8.73. The van der Waals surface area contributed by atoms with Crippen LogP contribution in [0.15, 0.2) is 52.6 Å². The highest BCUT2D eigenvalue weighted by molar-refractivity contribution is 7.90. The molecule has 1 aromatic heterocycles. The molecular weight excluding hydrogens is 338 g/mol. The predicted molar refractivity (Wildman–Crippen MR) is 99.2 cm³/mol. The first kappa shape index (κ1) is 19.0. The summed E-state index contributed by atoms with van der Waals surface area (Å²) in [6.07, 6.45) is 5.86. The fourth-order valence-corrected chi connectivity index (χ4v) is 2.87. The largest absolute Gasteiger partial charge is 0.357 e. The van der Waals surface area contributed by atoms with Gasteiger partial charge in [0.1, 0.15) is 0 Å². The third-order valence-electron chi connectivity index (χ3n) is 3.53. The molecule has 0 aliphatic carbocycles. The second-order valence-corrected chi connectivity index (χ2v) is 7.68. The number of aromatic nitrogens is 2. The van der Waals surface area contributed by atoms with Gasteiger partial charge in [-0.3, -0.25) is 4.68 Å². The van der Waals surface area contributed by atoms with Crippen molar-refractivity contribution in [1.82, 2.24) is 20.4 Å². The Hall–Kier alpha value is -2.35. The summed E-state index contributed by atoms with van der Waals surface area (Å²) in [4.78, 5) is 4.86. The number of aryl methyl sites for hydroxylation is 1. The Bertz CT molecular complexity index is 768. The molecule has 0 radical (unpaired) electrons. The monoisotopic (exact) mass is 363 g/mol. The summed E-state index contributed by atoms with van der Waals surface area (Å²) < 4.78 is 24.8. The van der Waals surface area contributed by atoms with Gasteiger partial charge in [0, 0.05) is 38.3 Å². The first-order valence-electron chi connectivity index (χ1n) is 8.27. The van der Waals surface area contributed by atoms with Gasteiger partial charge in [0.2, 0.25) is 0 Å². The van der Waals surface area contributed by atoms with E-state index in [1.165, 1.54) is 6.26 Å². The summed E-state index contributed by atoms with van der Waals surface area (Å²) in [5, 5.41) is 10.7. The van der Waals surface area contributed by atoms with Gasteiger partial charge >= 0.3 is 0 Å². The SMILES string of the molecule is CCNC(=NCc1ccc(S(C)(=O)=O)cc1)NCCCn1cccn1. The molecule has 2 aromatic rings. The van der Waals surface area contributed by atoms with E-state index in [1.807, 2.05) is 23.9 Å². The average Bonchev–Trinajstić information content (AvgIpc) is 3.09. The lowest BCUT2D eigenvalue weighted by Crippen LogP contribution is -2.38. The second-order valence-electron chi connectivity index (χ2n) is 5.66. The molecule has 0 fully saturated rings. The minimum Gasteiger partial charge on any atom is -0.357 e. The Morgan fingerprint density at radius 2 is 2.00 bits per heavy atom. The molecule has 0 bridgehead atoms. The maximum Gasteiger partial charge on any atom is 0.191 e. The van der Waals surface area contributed by atoms with Crippen molar-refractivity contribution in [3.05, 3.63) is 48.3 Å². The van der Waals surface area contributed by atoms with Crippen LogP contribution in [-0.4, -0.2) is 43.5 Å². The summed E-state index contributed by atoms with van der Waals surface area (Å²) in [5.74, 6) is 0.746. The third-order valence-corrected chi connectivity index (χ3v) is 4.66. The van der Waals surface area contributed by atoms with E-state index < -0.39 is 9.84 Å². The van der Waals surface area contributed by atoms with Crippen molar-refractivity contribution >= 4 is 15.8 Å². The number of hydrogen-bond acceptors (Lipinski definition) is 4.